The standard InChI is InChI=1S/C13H16FNO6S/c1-2-22(19,20)8-12(16)15-7-11(13(17)18)21-10-5-3-9(14)4-6-10/h3-6,11H,2,7-8H2,1H3,(H,15,16)(H,17,18). The van der Waals surface area contributed by atoms with Crippen LogP contribution in [0.5, 0.6) is 5.75 Å². The number of halogens is 1. The molecule has 1 unspecified atom stereocenters. The Bertz CT molecular complexity index is 628. The summed E-state index contributed by atoms with van der Waals surface area (Å²) in [5.41, 5.74) is 0. The van der Waals surface area contributed by atoms with Gasteiger partial charge in [0.1, 0.15) is 17.3 Å². The lowest BCUT2D eigenvalue weighted by Crippen LogP contribution is -2.42. The largest absolute Gasteiger partial charge is 0.478 e. The van der Waals surface area contributed by atoms with Gasteiger partial charge in [0.2, 0.25) is 12.0 Å². The van der Waals surface area contributed by atoms with E-state index in [2.05, 4.69) is 5.32 Å². The van der Waals surface area contributed by atoms with Gasteiger partial charge < -0.3 is 15.2 Å². The zero-order valence-electron chi connectivity index (χ0n) is 11.8. The molecule has 22 heavy (non-hydrogen) atoms. The van der Waals surface area contributed by atoms with Crippen molar-refractivity contribution < 1.29 is 32.2 Å². The van der Waals surface area contributed by atoms with Gasteiger partial charge in [0.15, 0.2) is 9.84 Å². The summed E-state index contributed by atoms with van der Waals surface area (Å²) in [7, 11) is -3.49. The van der Waals surface area contributed by atoms with Crippen LogP contribution < -0.4 is 10.1 Å². The van der Waals surface area contributed by atoms with Crippen molar-refractivity contribution in [2.45, 2.75) is 13.0 Å². The molecule has 1 aromatic carbocycles. The van der Waals surface area contributed by atoms with E-state index in [1.807, 2.05) is 0 Å². The molecule has 0 fully saturated rings. The Labute approximate surface area is 127 Å². The lowest BCUT2D eigenvalue weighted by molar-refractivity contribution is -0.145. The number of carbonyl (C=O) groups excluding carboxylic acids is 1. The maximum atomic E-state index is 12.7. The highest BCUT2D eigenvalue weighted by molar-refractivity contribution is 7.92. The smallest absolute Gasteiger partial charge is 0.346 e. The van der Waals surface area contributed by atoms with Gasteiger partial charge in [0.25, 0.3) is 0 Å². The number of sulfone groups is 1. The predicted octanol–water partition coefficient (Wildman–Crippen LogP) is 0.209. The summed E-state index contributed by atoms with van der Waals surface area (Å²) in [5.74, 6) is -3.44. The number of rotatable bonds is 8. The number of ether oxygens (including phenoxy) is 1. The Morgan fingerprint density at radius 1 is 1.32 bits per heavy atom. The second kappa shape index (κ2) is 7.74. The Morgan fingerprint density at radius 2 is 1.91 bits per heavy atom. The van der Waals surface area contributed by atoms with Gasteiger partial charge in [-0.2, -0.15) is 0 Å². The van der Waals surface area contributed by atoms with Crippen molar-refractivity contribution in [3.8, 4) is 5.75 Å². The number of aliphatic carboxylic acids is 1. The molecule has 0 aliphatic heterocycles. The maximum Gasteiger partial charge on any atom is 0.346 e. The van der Waals surface area contributed by atoms with Crippen LogP contribution in [0.2, 0.25) is 0 Å². The normalized spacial score (nSPS) is 12.5. The van der Waals surface area contributed by atoms with E-state index in [0.29, 0.717) is 0 Å². The van der Waals surface area contributed by atoms with Crippen molar-refractivity contribution in [1.29, 1.82) is 0 Å². The van der Waals surface area contributed by atoms with E-state index in [4.69, 9.17) is 9.84 Å². The molecule has 0 saturated heterocycles. The molecule has 0 aromatic heterocycles. The number of hydrogen-bond donors (Lipinski definition) is 2. The maximum absolute atomic E-state index is 12.7. The molecule has 1 rings (SSSR count). The molecule has 2 N–H and O–H groups in total. The SMILES string of the molecule is CCS(=O)(=O)CC(=O)NCC(Oc1ccc(F)cc1)C(=O)O. The van der Waals surface area contributed by atoms with Crippen LogP contribution in [0.3, 0.4) is 0 Å². The fraction of sp³-hybridized carbons (Fsp3) is 0.385. The van der Waals surface area contributed by atoms with Crippen LogP contribution in [-0.2, 0) is 19.4 Å². The first-order chi connectivity index (χ1) is 10.2. The molecular formula is C13H16FNO6S. The third-order valence-corrected chi connectivity index (χ3v) is 4.22. The Kier molecular flexibility index (Phi) is 6.29. The Hall–Kier alpha value is -2.16. The molecule has 1 atom stereocenters. The lowest BCUT2D eigenvalue weighted by atomic mass is 10.3. The van der Waals surface area contributed by atoms with Crippen LogP contribution in [0.25, 0.3) is 0 Å². The molecule has 1 aromatic rings. The van der Waals surface area contributed by atoms with E-state index in [-0.39, 0.29) is 11.5 Å². The molecule has 0 radical (unpaired) electrons. The minimum atomic E-state index is -3.49. The molecular weight excluding hydrogens is 317 g/mol. The second-order valence-electron chi connectivity index (χ2n) is 4.38. The number of carboxylic acid groups (broad SMARTS) is 1. The van der Waals surface area contributed by atoms with Crippen molar-refractivity contribution >= 4 is 21.7 Å². The predicted molar refractivity (Wildman–Crippen MR) is 75.8 cm³/mol. The van der Waals surface area contributed by atoms with Gasteiger partial charge in [-0.15, -0.1) is 0 Å². The van der Waals surface area contributed by atoms with Crippen LogP contribution >= 0.6 is 0 Å². The summed E-state index contributed by atoms with van der Waals surface area (Å²) >= 11 is 0. The molecule has 0 heterocycles. The minimum Gasteiger partial charge on any atom is -0.478 e. The molecule has 122 valence electrons. The molecule has 0 aliphatic carbocycles. The number of hydrogen-bond acceptors (Lipinski definition) is 5. The molecule has 7 nitrogen and oxygen atoms in total. The summed E-state index contributed by atoms with van der Waals surface area (Å²) in [6, 6.07) is 4.69. The van der Waals surface area contributed by atoms with Crippen LogP contribution in [0.1, 0.15) is 6.92 Å². The first-order valence-corrected chi connectivity index (χ1v) is 8.18. The van der Waals surface area contributed by atoms with Crippen LogP contribution in [0.15, 0.2) is 24.3 Å². The van der Waals surface area contributed by atoms with Gasteiger partial charge in [0.05, 0.1) is 6.54 Å². The molecule has 9 heteroatoms. The molecule has 0 saturated carbocycles. The number of benzene rings is 1. The fourth-order valence-electron chi connectivity index (χ4n) is 1.42. The van der Waals surface area contributed by atoms with Crippen molar-refractivity contribution in [3.05, 3.63) is 30.1 Å². The van der Waals surface area contributed by atoms with Crippen LogP contribution in [0.4, 0.5) is 4.39 Å². The number of nitrogens with one attached hydrogen (secondary N) is 1. The van der Waals surface area contributed by atoms with Gasteiger partial charge in [-0.25, -0.2) is 17.6 Å². The third-order valence-electron chi connectivity index (χ3n) is 2.64. The molecule has 1 amide bonds. The van der Waals surface area contributed by atoms with E-state index < -0.39 is 45.9 Å². The van der Waals surface area contributed by atoms with Crippen molar-refractivity contribution in [1.82, 2.24) is 5.32 Å². The first-order valence-electron chi connectivity index (χ1n) is 6.35. The quantitative estimate of drug-likeness (QED) is 0.704. The third kappa shape index (κ3) is 6.08. The highest BCUT2D eigenvalue weighted by Crippen LogP contribution is 2.13. The summed E-state index contributed by atoms with van der Waals surface area (Å²) < 4.78 is 40.4. The van der Waals surface area contributed by atoms with Crippen molar-refractivity contribution in [2.24, 2.45) is 0 Å². The van der Waals surface area contributed by atoms with Crippen LogP contribution in [-0.4, -0.2) is 49.6 Å². The first kappa shape index (κ1) is 17.9. The molecule has 0 aliphatic rings. The highest BCUT2D eigenvalue weighted by atomic mass is 32.2. The fourth-order valence-corrected chi connectivity index (χ4v) is 2.12. The van der Waals surface area contributed by atoms with Crippen molar-refractivity contribution in [3.63, 3.8) is 0 Å². The topological polar surface area (TPSA) is 110 Å². The van der Waals surface area contributed by atoms with E-state index in [9.17, 15) is 22.4 Å². The number of amides is 1. The lowest BCUT2D eigenvalue weighted by Gasteiger charge is -2.15. The summed E-state index contributed by atoms with van der Waals surface area (Å²) in [5, 5.41) is 11.2. The highest BCUT2D eigenvalue weighted by Gasteiger charge is 2.22. The zero-order chi connectivity index (χ0) is 16.8. The van der Waals surface area contributed by atoms with E-state index in [1.54, 1.807) is 0 Å². The van der Waals surface area contributed by atoms with Gasteiger partial charge in [-0.3, -0.25) is 4.79 Å². The van der Waals surface area contributed by atoms with E-state index in [0.717, 1.165) is 12.1 Å². The summed E-state index contributed by atoms with van der Waals surface area (Å²) in [4.78, 5) is 22.5. The van der Waals surface area contributed by atoms with Crippen molar-refractivity contribution in [2.75, 3.05) is 18.1 Å². The Morgan fingerprint density at radius 3 is 2.41 bits per heavy atom. The summed E-state index contributed by atoms with van der Waals surface area (Å²) in [6.45, 7) is 0.991. The van der Waals surface area contributed by atoms with Gasteiger partial charge in [0, 0.05) is 5.75 Å². The van der Waals surface area contributed by atoms with Crippen LogP contribution in [0, 0.1) is 5.82 Å². The monoisotopic (exact) mass is 333 g/mol. The number of carboxylic acids is 1. The number of carbonyl (C=O) groups is 2. The molecule has 0 bridgehead atoms. The summed E-state index contributed by atoms with van der Waals surface area (Å²) in [6.07, 6.45) is -1.42. The zero-order valence-corrected chi connectivity index (χ0v) is 12.6. The molecule has 0 spiro atoms. The minimum absolute atomic E-state index is 0.115. The van der Waals surface area contributed by atoms with Gasteiger partial charge in [-0.05, 0) is 24.3 Å². The van der Waals surface area contributed by atoms with Gasteiger partial charge >= 0.3 is 5.97 Å². The van der Waals surface area contributed by atoms with E-state index >= 15 is 0 Å². The van der Waals surface area contributed by atoms with Gasteiger partial charge in [-0.1, -0.05) is 6.92 Å². The Balaban J connectivity index is 2.60. The average molecular weight is 333 g/mol. The second-order valence-corrected chi connectivity index (χ2v) is 6.73. The van der Waals surface area contributed by atoms with E-state index in [1.165, 1.54) is 19.1 Å². The average Bonchev–Trinajstić information content (AvgIpc) is 2.44.